The molecule has 0 aliphatic heterocycles. The molecular formula is C5H9NO2. The normalized spacial score (nSPS) is 11.0. The van der Waals surface area contributed by atoms with Gasteiger partial charge >= 0.3 is 5.97 Å². The summed E-state index contributed by atoms with van der Waals surface area (Å²) >= 11 is 0. The van der Waals surface area contributed by atoms with Crippen molar-refractivity contribution in [3.63, 3.8) is 0 Å². The van der Waals surface area contributed by atoms with Crippen LogP contribution in [-0.2, 0) is 9.53 Å². The monoisotopic (exact) mass is 115 g/mol. The number of nitrogens with two attached hydrogens (primary N) is 1. The van der Waals surface area contributed by atoms with Gasteiger partial charge in [-0.1, -0.05) is 6.08 Å². The summed E-state index contributed by atoms with van der Waals surface area (Å²) in [7, 11) is 1.29. The Morgan fingerprint density at radius 1 is 1.75 bits per heavy atom. The highest BCUT2D eigenvalue weighted by Gasteiger charge is 1.99. The molecule has 0 unspecified atom stereocenters. The van der Waals surface area contributed by atoms with E-state index in [2.05, 4.69) is 4.74 Å². The van der Waals surface area contributed by atoms with Crippen molar-refractivity contribution in [3.05, 3.63) is 11.8 Å². The van der Waals surface area contributed by atoms with Crippen LogP contribution in [0.3, 0.4) is 0 Å². The second-order valence-corrected chi connectivity index (χ2v) is 1.24. The zero-order valence-corrected chi connectivity index (χ0v) is 4.97. The molecule has 0 aliphatic rings. The average molecular weight is 115 g/mol. The maximum absolute atomic E-state index is 10.3. The van der Waals surface area contributed by atoms with E-state index in [1.54, 1.807) is 6.92 Å². The van der Waals surface area contributed by atoms with Gasteiger partial charge in [0.2, 0.25) is 0 Å². The number of esters is 1. The number of hydrogen-bond donors (Lipinski definition) is 1. The predicted molar refractivity (Wildman–Crippen MR) is 30.0 cm³/mol. The van der Waals surface area contributed by atoms with Crippen molar-refractivity contribution in [3.8, 4) is 0 Å². The molecule has 8 heavy (non-hydrogen) atoms. The number of carbonyl (C=O) groups is 1. The van der Waals surface area contributed by atoms with Crippen LogP contribution in [0.5, 0.6) is 0 Å². The van der Waals surface area contributed by atoms with Gasteiger partial charge in [-0.05, 0) is 6.92 Å². The summed E-state index contributed by atoms with van der Waals surface area (Å²) in [5.41, 5.74) is 5.26. The van der Waals surface area contributed by atoms with Crippen LogP contribution in [-0.4, -0.2) is 13.1 Å². The van der Waals surface area contributed by atoms with Crippen LogP contribution in [0.25, 0.3) is 0 Å². The summed E-state index contributed by atoms with van der Waals surface area (Å²) in [6.45, 7) is 1.67. The Balaban J connectivity index is 3.83. The third kappa shape index (κ3) is 1.64. The number of allylic oxidation sites excluding steroid dienone is 1. The molecule has 0 aromatic carbocycles. The van der Waals surface area contributed by atoms with E-state index >= 15 is 0 Å². The lowest BCUT2D eigenvalue weighted by molar-refractivity contribution is -0.136. The fourth-order valence-corrected chi connectivity index (χ4v) is 0.236. The van der Waals surface area contributed by atoms with E-state index in [9.17, 15) is 4.79 Å². The molecule has 0 atom stereocenters. The molecule has 0 fully saturated rings. The fraction of sp³-hybridized carbons (Fsp3) is 0.400. The van der Waals surface area contributed by atoms with Crippen molar-refractivity contribution in [1.29, 1.82) is 0 Å². The highest BCUT2D eigenvalue weighted by molar-refractivity contribution is 5.86. The minimum Gasteiger partial charge on any atom is -0.464 e. The van der Waals surface area contributed by atoms with Gasteiger partial charge in [0, 0.05) is 0 Å². The van der Waals surface area contributed by atoms with Crippen molar-refractivity contribution in [2.75, 3.05) is 7.11 Å². The molecule has 0 spiro atoms. The van der Waals surface area contributed by atoms with Crippen molar-refractivity contribution in [2.45, 2.75) is 6.92 Å². The van der Waals surface area contributed by atoms with E-state index in [0.717, 1.165) is 0 Å². The Morgan fingerprint density at radius 3 is 2.38 bits per heavy atom. The van der Waals surface area contributed by atoms with Crippen LogP contribution in [0, 0.1) is 0 Å². The summed E-state index contributed by atoms with van der Waals surface area (Å²) in [6.07, 6.45) is 1.49. The minimum atomic E-state index is -0.479. The predicted octanol–water partition coefficient (Wildman–Crippen LogP) is 0.0219. The lowest BCUT2D eigenvalue weighted by atomic mass is 10.4. The number of methoxy groups -OCH3 is 1. The number of carbonyl (C=O) groups excluding carboxylic acids is 1. The van der Waals surface area contributed by atoms with E-state index in [4.69, 9.17) is 5.73 Å². The highest BCUT2D eigenvalue weighted by Crippen LogP contribution is 1.84. The first-order valence-electron chi connectivity index (χ1n) is 2.22. The molecule has 0 radical (unpaired) electrons. The standard InChI is InChI=1S/C5H9NO2/c1-3-4(6)5(7)8-2/h3H,6H2,1-2H3/b4-3-. The Morgan fingerprint density at radius 2 is 2.25 bits per heavy atom. The highest BCUT2D eigenvalue weighted by atomic mass is 16.5. The van der Waals surface area contributed by atoms with Crippen LogP contribution < -0.4 is 5.73 Å². The first-order valence-corrected chi connectivity index (χ1v) is 2.22. The lowest BCUT2D eigenvalue weighted by Crippen LogP contribution is -2.11. The first kappa shape index (κ1) is 7.01. The minimum absolute atomic E-state index is 0.146. The average Bonchev–Trinajstić information content (AvgIpc) is 1.84. The van der Waals surface area contributed by atoms with Crippen molar-refractivity contribution < 1.29 is 9.53 Å². The second kappa shape index (κ2) is 3.07. The van der Waals surface area contributed by atoms with Gasteiger partial charge < -0.3 is 10.5 Å². The molecule has 46 valence electrons. The Labute approximate surface area is 48.1 Å². The summed E-state index contributed by atoms with van der Waals surface area (Å²) in [4.78, 5) is 10.3. The maximum Gasteiger partial charge on any atom is 0.353 e. The zero-order valence-electron chi connectivity index (χ0n) is 4.97. The van der Waals surface area contributed by atoms with Gasteiger partial charge in [-0.15, -0.1) is 0 Å². The number of ether oxygens (including phenoxy) is 1. The summed E-state index contributed by atoms with van der Waals surface area (Å²) in [5, 5.41) is 0. The molecule has 0 aromatic rings. The largest absolute Gasteiger partial charge is 0.464 e. The number of rotatable bonds is 1. The van der Waals surface area contributed by atoms with Crippen LogP contribution in [0.1, 0.15) is 6.92 Å². The van der Waals surface area contributed by atoms with Crippen LogP contribution in [0.2, 0.25) is 0 Å². The van der Waals surface area contributed by atoms with Crippen molar-refractivity contribution in [1.82, 2.24) is 0 Å². The summed E-state index contributed by atoms with van der Waals surface area (Å²) < 4.78 is 4.27. The molecule has 0 saturated heterocycles. The Bertz CT molecular complexity index is 118. The van der Waals surface area contributed by atoms with Gasteiger partial charge in [-0.2, -0.15) is 0 Å². The van der Waals surface area contributed by atoms with Crippen LogP contribution in [0.4, 0.5) is 0 Å². The summed E-state index contributed by atoms with van der Waals surface area (Å²) in [5.74, 6) is -0.479. The molecule has 0 bridgehead atoms. The van der Waals surface area contributed by atoms with E-state index in [1.165, 1.54) is 13.2 Å². The van der Waals surface area contributed by atoms with Crippen LogP contribution >= 0.6 is 0 Å². The quantitative estimate of drug-likeness (QED) is 0.387. The van der Waals surface area contributed by atoms with Gasteiger partial charge in [0.25, 0.3) is 0 Å². The van der Waals surface area contributed by atoms with Crippen molar-refractivity contribution in [2.24, 2.45) is 5.73 Å². The molecule has 0 saturated carbocycles. The topological polar surface area (TPSA) is 52.3 Å². The van der Waals surface area contributed by atoms with E-state index in [1.807, 2.05) is 0 Å². The fourth-order valence-electron chi connectivity index (χ4n) is 0.236. The molecule has 0 aromatic heterocycles. The molecule has 3 heteroatoms. The molecule has 3 nitrogen and oxygen atoms in total. The second-order valence-electron chi connectivity index (χ2n) is 1.24. The smallest absolute Gasteiger partial charge is 0.353 e. The first-order chi connectivity index (χ1) is 3.72. The molecule has 0 amide bonds. The molecule has 0 rings (SSSR count). The molecule has 0 aliphatic carbocycles. The zero-order chi connectivity index (χ0) is 6.57. The van der Waals surface area contributed by atoms with Gasteiger partial charge in [0.1, 0.15) is 5.70 Å². The molecular weight excluding hydrogens is 106 g/mol. The third-order valence-corrected chi connectivity index (χ3v) is 0.732. The van der Waals surface area contributed by atoms with Gasteiger partial charge in [-0.25, -0.2) is 4.79 Å². The van der Waals surface area contributed by atoms with E-state index in [-0.39, 0.29) is 5.70 Å². The third-order valence-electron chi connectivity index (χ3n) is 0.732. The van der Waals surface area contributed by atoms with Crippen LogP contribution in [0.15, 0.2) is 11.8 Å². The molecule has 0 heterocycles. The van der Waals surface area contributed by atoms with Gasteiger partial charge in [-0.3, -0.25) is 0 Å². The number of hydrogen-bond acceptors (Lipinski definition) is 3. The Kier molecular flexibility index (Phi) is 2.69. The lowest BCUT2D eigenvalue weighted by Gasteiger charge is -1.94. The maximum atomic E-state index is 10.3. The summed E-state index contributed by atoms with van der Waals surface area (Å²) in [6, 6.07) is 0. The molecule has 2 N–H and O–H groups in total. The van der Waals surface area contributed by atoms with Gasteiger partial charge in [0.05, 0.1) is 7.11 Å². The SMILES string of the molecule is C/C=C(\N)C(=O)OC. The van der Waals surface area contributed by atoms with Gasteiger partial charge in [0.15, 0.2) is 0 Å². The van der Waals surface area contributed by atoms with E-state index < -0.39 is 5.97 Å². The Hall–Kier alpha value is -0.990. The van der Waals surface area contributed by atoms with E-state index in [0.29, 0.717) is 0 Å². The van der Waals surface area contributed by atoms with Crippen molar-refractivity contribution >= 4 is 5.97 Å².